The van der Waals surface area contributed by atoms with Crippen LogP contribution in [-0.4, -0.2) is 39.8 Å². The number of nitrogens with one attached hydrogen (secondary N) is 2. The highest BCUT2D eigenvalue weighted by molar-refractivity contribution is 5.90. The summed E-state index contributed by atoms with van der Waals surface area (Å²) in [4.78, 5) is 33.8. The van der Waals surface area contributed by atoms with Gasteiger partial charge in [-0.1, -0.05) is 61.9 Å². The molecule has 0 spiro atoms. The number of H-pyrrole nitrogens is 1. The molecule has 1 aromatic heterocycles. The van der Waals surface area contributed by atoms with Crippen LogP contribution in [0.15, 0.2) is 66.9 Å². The Morgan fingerprint density at radius 1 is 1.05 bits per heavy atom. The minimum Gasteiger partial charge on any atom is -0.480 e. The topological polar surface area (TPSA) is 114 Å². The second-order valence-corrected chi connectivity index (χ2v) is 9.57. The molecule has 0 bridgehead atoms. The predicted molar refractivity (Wildman–Crippen MR) is 143 cm³/mol. The molecule has 1 amide bonds. The van der Waals surface area contributed by atoms with Crippen LogP contribution in [0.1, 0.15) is 48.3 Å². The summed E-state index contributed by atoms with van der Waals surface area (Å²) in [6.45, 7) is 2.25. The Morgan fingerprint density at radius 3 is 2.71 bits per heavy atom. The third-order valence-electron chi connectivity index (χ3n) is 6.91. The Labute approximate surface area is 221 Å². The number of aromatic amines is 1. The Morgan fingerprint density at radius 2 is 1.87 bits per heavy atom. The van der Waals surface area contributed by atoms with Crippen LogP contribution in [0.2, 0.25) is 0 Å². The van der Waals surface area contributed by atoms with Gasteiger partial charge in [-0.2, -0.15) is 0 Å². The van der Waals surface area contributed by atoms with Crippen molar-refractivity contribution < 1.29 is 24.2 Å². The van der Waals surface area contributed by atoms with Gasteiger partial charge in [-0.3, -0.25) is 4.79 Å². The number of ether oxygens (including phenoxy) is 2. The molecule has 1 aliphatic rings. The van der Waals surface area contributed by atoms with Gasteiger partial charge in [0.15, 0.2) is 11.5 Å². The first-order valence-corrected chi connectivity index (χ1v) is 12.9. The maximum absolute atomic E-state index is 13.7. The second-order valence-electron chi connectivity index (χ2n) is 9.57. The highest BCUT2D eigenvalue weighted by Gasteiger charge is 2.29. The van der Waals surface area contributed by atoms with Crippen LogP contribution in [0.3, 0.4) is 0 Å². The summed E-state index contributed by atoms with van der Waals surface area (Å²) < 4.78 is 11.0. The van der Waals surface area contributed by atoms with E-state index in [-0.39, 0.29) is 19.1 Å². The quantitative estimate of drug-likeness (QED) is 0.266. The lowest BCUT2D eigenvalue weighted by molar-refractivity contribution is -0.142. The van der Waals surface area contributed by atoms with E-state index in [4.69, 9.17) is 9.47 Å². The van der Waals surface area contributed by atoms with Crippen LogP contribution in [0.25, 0.3) is 10.8 Å². The average Bonchev–Trinajstić information content (AvgIpc) is 3.59. The molecule has 0 aliphatic carbocycles. The van der Waals surface area contributed by atoms with Crippen molar-refractivity contribution in [2.45, 2.75) is 51.0 Å². The smallest absolute Gasteiger partial charge is 0.326 e. The number of carbonyl (C=O) groups is 2. The zero-order chi connectivity index (χ0) is 26.5. The summed E-state index contributed by atoms with van der Waals surface area (Å²) in [6, 6.07) is 17.9. The molecule has 0 saturated heterocycles. The SMILES string of the molecule is CCCCc1ncc(C[C@H](C(=O)N[C@@H](Cc2cccc3ccccc23)C(=O)O)c2ccc3c(c2)OCO3)[nH]1. The lowest BCUT2D eigenvalue weighted by Crippen LogP contribution is -2.44. The van der Waals surface area contributed by atoms with Gasteiger partial charge < -0.3 is 24.9 Å². The number of amides is 1. The number of benzene rings is 3. The van der Waals surface area contributed by atoms with Crippen molar-refractivity contribution in [1.29, 1.82) is 0 Å². The van der Waals surface area contributed by atoms with Gasteiger partial charge in [0.1, 0.15) is 11.9 Å². The van der Waals surface area contributed by atoms with Crippen molar-refractivity contribution in [3.05, 3.63) is 89.5 Å². The van der Waals surface area contributed by atoms with Gasteiger partial charge in [0.25, 0.3) is 0 Å². The zero-order valence-corrected chi connectivity index (χ0v) is 21.3. The van der Waals surface area contributed by atoms with Crippen molar-refractivity contribution >= 4 is 22.6 Å². The summed E-state index contributed by atoms with van der Waals surface area (Å²) in [6.07, 6.45) is 5.18. The van der Waals surface area contributed by atoms with Crippen LogP contribution in [-0.2, 0) is 28.9 Å². The van der Waals surface area contributed by atoms with Gasteiger partial charge in [0, 0.05) is 31.2 Å². The van der Waals surface area contributed by atoms with Gasteiger partial charge in [0.2, 0.25) is 12.7 Å². The van der Waals surface area contributed by atoms with Gasteiger partial charge >= 0.3 is 5.97 Å². The lowest BCUT2D eigenvalue weighted by Gasteiger charge is -2.21. The van der Waals surface area contributed by atoms with Gasteiger partial charge in [0.05, 0.1) is 5.92 Å². The Bertz CT molecular complexity index is 1440. The molecule has 0 unspecified atom stereocenters. The maximum Gasteiger partial charge on any atom is 0.326 e. The molecule has 8 nitrogen and oxygen atoms in total. The van der Waals surface area contributed by atoms with E-state index < -0.39 is 17.9 Å². The number of aliphatic carboxylic acids is 1. The second kappa shape index (κ2) is 11.4. The molecule has 2 atom stereocenters. The number of carboxylic acid groups (broad SMARTS) is 1. The third kappa shape index (κ3) is 5.64. The van der Waals surface area contributed by atoms with Crippen LogP contribution in [0, 0.1) is 0 Å². The fourth-order valence-corrected chi connectivity index (χ4v) is 4.86. The number of rotatable bonds is 11. The van der Waals surface area contributed by atoms with Gasteiger partial charge in [-0.05, 0) is 40.5 Å². The molecule has 3 N–H and O–H groups in total. The first-order chi connectivity index (χ1) is 18.5. The van der Waals surface area contributed by atoms with Gasteiger partial charge in [-0.15, -0.1) is 0 Å². The van der Waals surface area contributed by atoms with E-state index in [2.05, 4.69) is 22.2 Å². The number of aromatic nitrogens is 2. The fraction of sp³-hybridized carbons (Fsp3) is 0.300. The molecule has 5 rings (SSSR count). The van der Waals surface area contributed by atoms with E-state index in [1.54, 1.807) is 18.3 Å². The average molecular weight is 514 g/mol. The summed E-state index contributed by atoms with van der Waals surface area (Å²) in [7, 11) is 0. The van der Waals surface area contributed by atoms with Crippen LogP contribution < -0.4 is 14.8 Å². The molecular weight excluding hydrogens is 482 g/mol. The minimum atomic E-state index is -1.09. The van der Waals surface area contributed by atoms with E-state index in [1.807, 2.05) is 48.5 Å². The van der Waals surface area contributed by atoms with Gasteiger partial charge in [-0.25, -0.2) is 9.78 Å². The molecule has 38 heavy (non-hydrogen) atoms. The van der Waals surface area contributed by atoms with E-state index in [0.717, 1.165) is 47.1 Å². The predicted octanol–water partition coefficient (Wildman–Crippen LogP) is 4.77. The number of hydrogen-bond donors (Lipinski definition) is 3. The molecule has 196 valence electrons. The van der Waals surface area contributed by atoms with Crippen molar-refractivity contribution in [1.82, 2.24) is 15.3 Å². The Kier molecular flexibility index (Phi) is 7.58. The molecule has 1 aliphatic heterocycles. The summed E-state index contributed by atoms with van der Waals surface area (Å²) in [5.74, 6) is -0.0421. The van der Waals surface area contributed by atoms with Crippen molar-refractivity contribution in [2.75, 3.05) is 6.79 Å². The standard InChI is InChI=1S/C30H31N3O5/c1-2-3-11-28-31-17-22(32-28)16-24(21-12-13-26-27(15-21)38-18-37-26)29(34)33-25(30(35)36)14-20-9-6-8-19-7-4-5-10-23(19)20/h4-10,12-13,15,17,24-25H,2-3,11,14,16,18H2,1H3,(H,31,32)(H,33,34)(H,35,36)/t24-,25-/m0/s1. The van der Waals surface area contributed by atoms with E-state index in [1.165, 1.54) is 0 Å². The number of carbonyl (C=O) groups excluding carboxylic acids is 1. The van der Waals surface area contributed by atoms with Crippen molar-refractivity contribution in [3.8, 4) is 11.5 Å². The van der Waals surface area contributed by atoms with Crippen LogP contribution in [0.4, 0.5) is 0 Å². The zero-order valence-electron chi connectivity index (χ0n) is 21.3. The van der Waals surface area contributed by atoms with Crippen LogP contribution >= 0.6 is 0 Å². The number of fused-ring (bicyclic) bond motifs is 2. The highest BCUT2D eigenvalue weighted by Crippen LogP contribution is 2.35. The summed E-state index contributed by atoms with van der Waals surface area (Å²) in [5, 5.41) is 14.9. The van der Waals surface area contributed by atoms with Crippen molar-refractivity contribution in [3.63, 3.8) is 0 Å². The molecule has 4 aromatic rings. The number of carboxylic acids is 1. The monoisotopic (exact) mass is 513 g/mol. The number of nitrogens with zero attached hydrogens (tertiary/aromatic N) is 1. The molecule has 0 fully saturated rings. The first-order valence-electron chi connectivity index (χ1n) is 12.9. The largest absolute Gasteiger partial charge is 0.480 e. The number of aryl methyl sites for hydroxylation is 1. The maximum atomic E-state index is 13.7. The highest BCUT2D eigenvalue weighted by atomic mass is 16.7. The molecule has 2 heterocycles. The Hall–Kier alpha value is -4.33. The van der Waals surface area contributed by atoms with Crippen LogP contribution in [0.5, 0.6) is 11.5 Å². The third-order valence-corrected chi connectivity index (χ3v) is 6.91. The van der Waals surface area contributed by atoms with Crippen molar-refractivity contribution in [2.24, 2.45) is 0 Å². The summed E-state index contributed by atoms with van der Waals surface area (Å²) in [5.41, 5.74) is 2.39. The first kappa shape index (κ1) is 25.3. The normalized spacial score (nSPS) is 13.8. The van der Waals surface area contributed by atoms with E-state index >= 15 is 0 Å². The number of unbranched alkanes of at least 4 members (excludes halogenated alkanes) is 1. The van der Waals surface area contributed by atoms with E-state index in [9.17, 15) is 14.7 Å². The lowest BCUT2D eigenvalue weighted by atomic mass is 9.92. The molecule has 0 radical (unpaired) electrons. The number of imidazole rings is 1. The molecule has 3 aromatic carbocycles. The number of hydrogen-bond acceptors (Lipinski definition) is 5. The molecule has 0 saturated carbocycles. The fourth-order valence-electron chi connectivity index (χ4n) is 4.86. The van der Waals surface area contributed by atoms with E-state index in [0.29, 0.717) is 23.5 Å². The Balaban J connectivity index is 1.40. The minimum absolute atomic E-state index is 0.128. The molecule has 8 heteroatoms. The summed E-state index contributed by atoms with van der Waals surface area (Å²) >= 11 is 0. The molecular formula is C30H31N3O5.